The van der Waals surface area contributed by atoms with Crippen LogP contribution in [-0.2, 0) is 15.1 Å². The largest absolute Gasteiger partial charge is 0.450 e. The van der Waals surface area contributed by atoms with Gasteiger partial charge in [0, 0.05) is 34.7 Å². The highest BCUT2D eigenvalue weighted by Crippen LogP contribution is 2.40. The molecule has 0 heterocycles. The Morgan fingerprint density at radius 1 is 1.38 bits per heavy atom. The van der Waals surface area contributed by atoms with Crippen molar-refractivity contribution in [2.24, 2.45) is 5.89 Å². The highest BCUT2D eigenvalue weighted by atomic mass is 16.5. The molecule has 0 radical (unpaired) electrons. The third-order valence-electron chi connectivity index (χ3n) is 2.77. The molecule has 1 fully saturated rings. The van der Waals surface area contributed by atoms with E-state index < -0.39 is 130 Å². The fourth-order valence-electron chi connectivity index (χ4n) is 1.61. The first kappa shape index (κ1) is 4.59. The van der Waals surface area contributed by atoms with Crippen LogP contribution < -0.4 is 0 Å². The standard InChI is InChI=1S/C22H31NO3/c1-3-23(4-2)17-11-12-18-26-21(24)22(25,19-13-7-5-8-14-19)20-15-9-6-10-16-20/h5,7-8,13-14,20,25H,3-4,6,9-10,15-18H2,1-2H3/i1D3,2D3,3D2,4D2,5D,6D2,7D,8D,9D2,10D2,13D,14D,15D2,16D2,17D2,20D. The molecule has 4 heteroatoms. The van der Waals surface area contributed by atoms with Crippen molar-refractivity contribution in [1.82, 2.24) is 4.90 Å². The van der Waals surface area contributed by atoms with Gasteiger partial charge < -0.3 is 9.84 Å². The van der Waals surface area contributed by atoms with Crippen LogP contribution in [-0.4, -0.2) is 42.1 Å². The van der Waals surface area contributed by atoms with Gasteiger partial charge in [0.25, 0.3) is 0 Å². The van der Waals surface area contributed by atoms with Crippen LogP contribution in [0, 0.1) is 17.7 Å². The molecule has 0 aromatic heterocycles. The second-order valence-corrected chi connectivity index (χ2v) is 4.26. The van der Waals surface area contributed by atoms with E-state index in [1.165, 1.54) is 5.92 Å². The Labute approximate surface area is 196 Å². The Bertz CT molecular complexity index is 1650. The average Bonchev–Trinajstić information content (AvgIpc) is 2.97. The molecule has 1 aliphatic rings. The summed E-state index contributed by atoms with van der Waals surface area (Å²) >= 11 is 0. The van der Waals surface area contributed by atoms with Gasteiger partial charge in [0.05, 0.1) is 16.1 Å². The van der Waals surface area contributed by atoms with Crippen molar-refractivity contribution in [3.8, 4) is 11.8 Å². The third-order valence-corrected chi connectivity index (χ3v) is 2.77. The van der Waals surface area contributed by atoms with E-state index in [2.05, 4.69) is 4.74 Å². The van der Waals surface area contributed by atoms with Crippen LogP contribution in [0.4, 0.5) is 0 Å². The minimum absolute atomic E-state index is 0.910. The van der Waals surface area contributed by atoms with Crippen LogP contribution in [0.3, 0.4) is 0 Å². The quantitative estimate of drug-likeness (QED) is 0.578. The molecule has 1 N–H and O–H groups in total. The lowest BCUT2D eigenvalue weighted by molar-refractivity contribution is -0.174. The van der Waals surface area contributed by atoms with E-state index in [4.69, 9.17) is 38.4 Å². The molecule has 26 heavy (non-hydrogen) atoms. The Balaban J connectivity index is 3.02. The smallest absolute Gasteiger partial charge is 0.344 e. The molecule has 4 nitrogen and oxygen atoms in total. The fraction of sp³-hybridized carbons (Fsp3) is 0.591. The number of hydrogen-bond donors (Lipinski definition) is 1. The first-order chi connectivity index (χ1) is 23.4. The van der Waals surface area contributed by atoms with Gasteiger partial charge in [-0.15, -0.1) is 0 Å². The van der Waals surface area contributed by atoms with Crippen molar-refractivity contribution in [3.05, 3.63) is 35.8 Å². The number of carbonyl (C=O) groups excluding carboxylic acids is 1. The fourth-order valence-corrected chi connectivity index (χ4v) is 1.61. The molecule has 2 rings (SSSR count). The number of hydrogen-bond acceptors (Lipinski definition) is 4. The lowest BCUT2D eigenvalue weighted by Crippen LogP contribution is -2.45. The number of aliphatic hydroxyl groups is 1. The van der Waals surface area contributed by atoms with Gasteiger partial charge in [-0.3, -0.25) is 4.90 Å². The lowest BCUT2D eigenvalue weighted by atomic mass is 9.73. The van der Waals surface area contributed by atoms with Gasteiger partial charge in [0.1, 0.15) is 0 Å². The summed E-state index contributed by atoms with van der Waals surface area (Å²) in [5.41, 5.74) is -6.70. The van der Waals surface area contributed by atoms with Crippen LogP contribution in [0.25, 0.3) is 0 Å². The first-order valence-corrected chi connectivity index (χ1v) is 6.69. The SMILES string of the molecule is [2H]c1c([2H])c([2H])c(C(O)(C(=O)OCC#CC([2H])([2H])N(C([2H])([2H])C([2H])([2H])[2H])C([2H])([2H])C([2H])([2H])[2H])C2([2H])C([2H])([2H])C([2H])([2H])C([2H])([2H])C([2H])([2H])C2([2H])[2H])c([2H])c1[2H]. The molecular weight excluding hydrogens is 326 g/mol. The Hall–Kier alpha value is -1.83. The van der Waals surface area contributed by atoms with Crippen molar-refractivity contribution in [2.45, 2.75) is 51.2 Å². The Morgan fingerprint density at radius 3 is 2.73 bits per heavy atom. The minimum atomic E-state index is -4.85. The lowest BCUT2D eigenvalue weighted by Gasteiger charge is -2.36. The molecule has 1 aromatic carbocycles. The van der Waals surface area contributed by atoms with Crippen molar-refractivity contribution >= 4 is 5.97 Å². The van der Waals surface area contributed by atoms with E-state index in [9.17, 15) is 9.90 Å². The molecular formula is C22H31NO3. The van der Waals surface area contributed by atoms with Crippen molar-refractivity contribution in [2.75, 3.05) is 26.1 Å². The zero-order valence-corrected chi connectivity index (χ0v) is 12.9. The molecule has 1 saturated carbocycles. The van der Waals surface area contributed by atoms with Crippen LogP contribution in [0.5, 0.6) is 0 Å². The molecule has 0 aliphatic heterocycles. The molecule has 0 bridgehead atoms. The van der Waals surface area contributed by atoms with Gasteiger partial charge in [-0.1, -0.05) is 74.9 Å². The van der Waals surface area contributed by atoms with Crippen LogP contribution in [0.15, 0.2) is 30.2 Å². The minimum Gasteiger partial charge on any atom is -0.450 e. The molecule has 0 amide bonds. The maximum absolute atomic E-state index is 13.9. The van der Waals surface area contributed by atoms with Crippen LogP contribution >= 0.6 is 0 Å². The highest BCUT2D eigenvalue weighted by molar-refractivity contribution is 5.81. The Kier molecular flexibility index (Phi) is 1.83. The topological polar surface area (TPSA) is 49.8 Å². The summed E-state index contributed by atoms with van der Waals surface area (Å²) in [4.78, 5) is 13.0. The molecule has 1 aromatic rings. The van der Waals surface area contributed by atoms with Gasteiger partial charge >= 0.3 is 5.97 Å². The summed E-state index contributed by atoms with van der Waals surface area (Å²) < 4.78 is 229. The molecule has 0 spiro atoms. The third kappa shape index (κ3) is 5.09. The molecule has 0 saturated heterocycles. The molecule has 1 unspecified atom stereocenters. The van der Waals surface area contributed by atoms with E-state index >= 15 is 0 Å². The van der Waals surface area contributed by atoms with Gasteiger partial charge in [-0.25, -0.2) is 4.79 Å². The Morgan fingerprint density at radius 2 is 2.08 bits per heavy atom. The predicted octanol–water partition coefficient (Wildman–Crippen LogP) is 3.34. The predicted molar refractivity (Wildman–Crippen MR) is 103 cm³/mol. The number of benzene rings is 1. The summed E-state index contributed by atoms with van der Waals surface area (Å²) in [5, 5.41) is 12.2. The van der Waals surface area contributed by atoms with E-state index in [1.54, 1.807) is 5.92 Å². The maximum atomic E-state index is 13.9. The zero-order valence-electron chi connectivity index (χ0n) is 40.9. The first-order valence-electron chi connectivity index (χ1n) is 20.7. The van der Waals surface area contributed by atoms with Crippen molar-refractivity contribution in [1.29, 1.82) is 0 Å². The summed E-state index contributed by atoms with van der Waals surface area (Å²) in [5.74, 6) is -4.50. The van der Waals surface area contributed by atoms with E-state index in [1.807, 2.05) is 0 Å². The summed E-state index contributed by atoms with van der Waals surface area (Å²) in [6.45, 7) is -21.9. The van der Waals surface area contributed by atoms with Gasteiger partial charge in [0.2, 0.25) is 0 Å². The molecule has 142 valence electrons. The zero-order chi connectivity index (χ0) is 43.4. The number of rotatable bonds is 7. The van der Waals surface area contributed by atoms with E-state index in [0.717, 1.165) is 0 Å². The highest BCUT2D eigenvalue weighted by Gasteiger charge is 2.46. The normalized spacial score (nSPS) is 46.5. The van der Waals surface area contributed by atoms with Gasteiger partial charge in [-0.2, -0.15) is 0 Å². The monoisotopic (exact) mass is 385 g/mol. The number of esters is 1. The summed E-state index contributed by atoms with van der Waals surface area (Å²) in [7, 11) is 0. The van der Waals surface area contributed by atoms with E-state index in [0.29, 0.717) is 0 Å². The summed E-state index contributed by atoms with van der Waals surface area (Å²) in [6.07, 6.45) is -22.4. The number of carbonyl (C=O) groups is 1. The van der Waals surface area contributed by atoms with E-state index in [-0.39, 0.29) is 0 Å². The average molecular weight is 386 g/mol. The maximum Gasteiger partial charge on any atom is 0.344 e. The van der Waals surface area contributed by atoms with Gasteiger partial charge in [0.15, 0.2) is 12.2 Å². The molecule has 1 atom stereocenters. The van der Waals surface area contributed by atoms with Crippen LogP contribution in [0.1, 0.15) is 89.5 Å². The van der Waals surface area contributed by atoms with Crippen LogP contribution in [0.2, 0.25) is 0 Å². The van der Waals surface area contributed by atoms with Crippen molar-refractivity contribution in [3.63, 3.8) is 0 Å². The number of ether oxygens (including phenoxy) is 1. The second-order valence-electron chi connectivity index (χ2n) is 4.26. The summed E-state index contributed by atoms with van der Waals surface area (Å²) in [6, 6.07) is -7.46. The molecule has 1 aliphatic carbocycles. The van der Waals surface area contributed by atoms with Gasteiger partial charge in [-0.05, 0) is 31.3 Å². The van der Waals surface area contributed by atoms with Crippen molar-refractivity contribution < 1.29 is 53.0 Å². The second kappa shape index (κ2) is 10.4. The number of nitrogens with zero attached hydrogens (tertiary/aromatic N) is 1.